The Hall–Kier alpha value is -4.40. The topological polar surface area (TPSA) is 108 Å². The van der Waals surface area contributed by atoms with Crippen molar-refractivity contribution in [3.8, 4) is 23.0 Å². The minimum absolute atomic E-state index is 0.0517. The summed E-state index contributed by atoms with van der Waals surface area (Å²) in [4.78, 5) is 25.8. The number of benzene rings is 2. The van der Waals surface area contributed by atoms with Gasteiger partial charge >= 0.3 is 0 Å². The Bertz CT molecular complexity index is 1200. The zero-order valence-corrected chi connectivity index (χ0v) is 20.8. The second kappa shape index (κ2) is 12.9. The molecule has 0 bridgehead atoms. The Labute approximate surface area is 210 Å². The van der Waals surface area contributed by atoms with E-state index in [0.717, 1.165) is 12.0 Å². The first-order chi connectivity index (χ1) is 17.5. The first-order valence-corrected chi connectivity index (χ1v) is 11.3. The molecule has 0 aliphatic rings. The SMILES string of the molecule is COc1ccc(CCCNC(=O)/C(=C/c2ccco2)NC(=O)c2ccc(OC)c(OC)c2)cc1OC. The molecule has 9 heteroatoms. The lowest BCUT2D eigenvalue weighted by atomic mass is 10.1. The molecule has 190 valence electrons. The number of ether oxygens (including phenoxy) is 4. The molecule has 3 aromatic rings. The van der Waals surface area contributed by atoms with Crippen LogP contribution in [0.2, 0.25) is 0 Å². The van der Waals surface area contributed by atoms with Gasteiger partial charge in [0, 0.05) is 18.2 Å². The van der Waals surface area contributed by atoms with E-state index in [1.54, 1.807) is 44.6 Å². The van der Waals surface area contributed by atoms with Gasteiger partial charge in [-0.25, -0.2) is 0 Å². The van der Waals surface area contributed by atoms with Crippen LogP contribution in [0.3, 0.4) is 0 Å². The molecule has 0 radical (unpaired) electrons. The van der Waals surface area contributed by atoms with Gasteiger partial charge in [0.1, 0.15) is 11.5 Å². The van der Waals surface area contributed by atoms with E-state index in [9.17, 15) is 9.59 Å². The Balaban J connectivity index is 1.65. The average molecular weight is 495 g/mol. The molecule has 0 fully saturated rings. The number of methoxy groups -OCH3 is 4. The van der Waals surface area contributed by atoms with Crippen LogP contribution in [0.4, 0.5) is 0 Å². The van der Waals surface area contributed by atoms with Gasteiger partial charge in [0.05, 0.1) is 34.7 Å². The van der Waals surface area contributed by atoms with Crippen LogP contribution in [-0.2, 0) is 11.2 Å². The molecule has 3 rings (SSSR count). The first-order valence-electron chi connectivity index (χ1n) is 11.3. The van der Waals surface area contributed by atoms with Crippen molar-refractivity contribution in [2.75, 3.05) is 35.0 Å². The summed E-state index contributed by atoms with van der Waals surface area (Å²) in [5, 5.41) is 5.52. The van der Waals surface area contributed by atoms with Gasteiger partial charge < -0.3 is 34.0 Å². The smallest absolute Gasteiger partial charge is 0.267 e. The molecule has 0 aliphatic heterocycles. The van der Waals surface area contributed by atoms with Crippen LogP contribution in [0, 0.1) is 0 Å². The standard InChI is InChI=1S/C27H30N2O7/c1-32-22-11-9-18(15-24(22)34-3)7-5-13-28-27(31)21(17-20-8-6-14-36-20)29-26(30)19-10-12-23(33-2)25(16-19)35-4/h6,8-12,14-17H,5,7,13H2,1-4H3,(H,28,31)(H,29,30)/b21-17-. The second-order valence-corrected chi connectivity index (χ2v) is 7.65. The minimum Gasteiger partial charge on any atom is -0.493 e. The molecule has 0 aliphatic carbocycles. The fourth-order valence-corrected chi connectivity index (χ4v) is 3.47. The molecule has 2 amide bonds. The number of nitrogens with one attached hydrogen (secondary N) is 2. The van der Waals surface area contributed by atoms with Gasteiger partial charge in [-0.15, -0.1) is 0 Å². The molecule has 36 heavy (non-hydrogen) atoms. The molecule has 0 saturated heterocycles. The van der Waals surface area contributed by atoms with E-state index >= 15 is 0 Å². The fourth-order valence-electron chi connectivity index (χ4n) is 3.47. The normalized spacial score (nSPS) is 10.9. The predicted octanol–water partition coefficient (Wildman–Crippen LogP) is 3.83. The van der Waals surface area contributed by atoms with E-state index in [0.29, 0.717) is 47.3 Å². The molecule has 1 aromatic heterocycles. The lowest BCUT2D eigenvalue weighted by Gasteiger charge is -2.13. The van der Waals surface area contributed by atoms with E-state index in [1.165, 1.54) is 26.6 Å². The van der Waals surface area contributed by atoms with Crippen LogP contribution < -0.4 is 29.6 Å². The number of hydrogen-bond acceptors (Lipinski definition) is 7. The highest BCUT2D eigenvalue weighted by Gasteiger charge is 2.17. The van der Waals surface area contributed by atoms with Crippen molar-refractivity contribution in [1.29, 1.82) is 0 Å². The molecular formula is C27H30N2O7. The number of carbonyl (C=O) groups excluding carboxylic acids is 2. The van der Waals surface area contributed by atoms with Gasteiger partial charge in [0.25, 0.3) is 11.8 Å². The Kier molecular flexibility index (Phi) is 9.39. The third-order valence-corrected chi connectivity index (χ3v) is 5.34. The fraction of sp³-hybridized carbons (Fsp3) is 0.259. The predicted molar refractivity (Wildman–Crippen MR) is 135 cm³/mol. The Morgan fingerprint density at radius 1 is 0.861 bits per heavy atom. The van der Waals surface area contributed by atoms with Gasteiger partial charge in [-0.1, -0.05) is 6.07 Å². The third kappa shape index (κ3) is 6.82. The highest BCUT2D eigenvalue weighted by Crippen LogP contribution is 2.28. The number of rotatable bonds is 12. The molecular weight excluding hydrogens is 464 g/mol. The van der Waals surface area contributed by atoms with Crippen molar-refractivity contribution >= 4 is 17.9 Å². The Morgan fingerprint density at radius 2 is 1.53 bits per heavy atom. The lowest BCUT2D eigenvalue weighted by molar-refractivity contribution is -0.117. The van der Waals surface area contributed by atoms with Crippen molar-refractivity contribution in [1.82, 2.24) is 10.6 Å². The van der Waals surface area contributed by atoms with Gasteiger partial charge in [0.2, 0.25) is 0 Å². The quantitative estimate of drug-likeness (QED) is 0.291. The summed E-state index contributed by atoms with van der Waals surface area (Å²) in [5.74, 6) is 1.72. The van der Waals surface area contributed by atoms with Crippen molar-refractivity contribution in [3.63, 3.8) is 0 Å². The summed E-state index contributed by atoms with van der Waals surface area (Å²) in [6.45, 7) is 0.398. The Morgan fingerprint density at radius 3 is 2.17 bits per heavy atom. The monoisotopic (exact) mass is 494 g/mol. The zero-order valence-electron chi connectivity index (χ0n) is 20.8. The van der Waals surface area contributed by atoms with E-state index < -0.39 is 11.8 Å². The number of aryl methyl sites for hydroxylation is 1. The van der Waals surface area contributed by atoms with Crippen molar-refractivity contribution < 1.29 is 33.0 Å². The van der Waals surface area contributed by atoms with Crippen LogP contribution in [0.25, 0.3) is 6.08 Å². The number of hydrogen-bond donors (Lipinski definition) is 2. The zero-order chi connectivity index (χ0) is 25.9. The van der Waals surface area contributed by atoms with Gasteiger partial charge in [0.15, 0.2) is 23.0 Å². The molecule has 9 nitrogen and oxygen atoms in total. The highest BCUT2D eigenvalue weighted by atomic mass is 16.5. The molecule has 0 unspecified atom stereocenters. The van der Waals surface area contributed by atoms with E-state index in [2.05, 4.69) is 10.6 Å². The molecule has 0 atom stereocenters. The average Bonchev–Trinajstić information content (AvgIpc) is 3.43. The molecule has 0 saturated carbocycles. The minimum atomic E-state index is -0.478. The molecule has 0 spiro atoms. The van der Waals surface area contributed by atoms with Crippen LogP contribution in [0.15, 0.2) is 64.9 Å². The summed E-state index contributed by atoms with van der Waals surface area (Å²) >= 11 is 0. The lowest BCUT2D eigenvalue weighted by Crippen LogP contribution is -2.35. The van der Waals surface area contributed by atoms with Crippen LogP contribution >= 0.6 is 0 Å². The maximum Gasteiger partial charge on any atom is 0.267 e. The van der Waals surface area contributed by atoms with Crippen LogP contribution in [0.1, 0.15) is 28.1 Å². The number of carbonyl (C=O) groups is 2. The summed E-state index contributed by atoms with van der Waals surface area (Å²) in [5.41, 5.74) is 1.41. The number of amides is 2. The number of furan rings is 1. The summed E-state index contributed by atoms with van der Waals surface area (Å²) in [6.07, 6.45) is 4.36. The summed E-state index contributed by atoms with van der Waals surface area (Å²) < 4.78 is 26.4. The van der Waals surface area contributed by atoms with Crippen molar-refractivity contribution in [2.24, 2.45) is 0 Å². The van der Waals surface area contributed by atoms with Gasteiger partial charge in [-0.05, 0) is 60.9 Å². The largest absolute Gasteiger partial charge is 0.493 e. The van der Waals surface area contributed by atoms with Crippen molar-refractivity contribution in [2.45, 2.75) is 12.8 Å². The first kappa shape index (κ1) is 26.2. The van der Waals surface area contributed by atoms with Gasteiger partial charge in [-0.3, -0.25) is 9.59 Å². The highest BCUT2D eigenvalue weighted by molar-refractivity contribution is 6.05. The maximum atomic E-state index is 12.9. The van der Waals surface area contributed by atoms with Crippen molar-refractivity contribution in [3.05, 3.63) is 77.4 Å². The third-order valence-electron chi connectivity index (χ3n) is 5.34. The second-order valence-electron chi connectivity index (χ2n) is 7.65. The van der Waals surface area contributed by atoms with Crippen LogP contribution in [-0.4, -0.2) is 46.8 Å². The maximum absolute atomic E-state index is 12.9. The van der Waals surface area contributed by atoms with E-state index in [1.807, 2.05) is 18.2 Å². The van der Waals surface area contributed by atoms with Gasteiger partial charge in [-0.2, -0.15) is 0 Å². The molecule has 2 aromatic carbocycles. The van der Waals surface area contributed by atoms with E-state index in [4.69, 9.17) is 23.4 Å². The van der Waals surface area contributed by atoms with Crippen LogP contribution in [0.5, 0.6) is 23.0 Å². The summed E-state index contributed by atoms with van der Waals surface area (Å²) in [7, 11) is 6.17. The molecule has 1 heterocycles. The summed E-state index contributed by atoms with van der Waals surface area (Å²) in [6, 6.07) is 13.8. The molecule has 2 N–H and O–H groups in total. The van der Waals surface area contributed by atoms with E-state index in [-0.39, 0.29) is 5.70 Å².